The van der Waals surface area contributed by atoms with Crippen molar-refractivity contribution >= 4 is 45.9 Å². The first kappa shape index (κ1) is 8.17. The van der Waals surface area contributed by atoms with Crippen molar-refractivity contribution in [2.24, 2.45) is 0 Å². The maximum Gasteiger partial charge on any atom is 0.182 e. The van der Waals surface area contributed by atoms with Gasteiger partial charge in [-0.3, -0.25) is 0 Å². The van der Waals surface area contributed by atoms with E-state index in [9.17, 15) is 0 Å². The van der Waals surface area contributed by atoms with E-state index in [-0.39, 0.29) is 0 Å². The number of oxazole rings is 1. The lowest BCUT2D eigenvalue weighted by molar-refractivity contribution is 0.602. The van der Waals surface area contributed by atoms with Crippen LogP contribution in [0.1, 0.15) is 0 Å². The second kappa shape index (κ2) is 2.80. The highest BCUT2D eigenvalue weighted by molar-refractivity contribution is 6.47. The van der Waals surface area contributed by atoms with Gasteiger partial charge in [-0.2, -0.15) is 0 Å². The van der Waals surface area contributed by atoms with E-state index in [1.165, 1.54) is 12.5 Å². The number of aromatic nitrogens is 1. The Labute approximate surface area is 83.0 Å². The van der Waals surface area contributed by atoms with Crippen molar-refractivity contribution in [2.75, 3.05) is 0 Å². The van der Waals surface area contributed by atoms with Gasteiger partial charge in [-0.15, -0.1) is 0 Å². The highest BCUT2D eigenvalue weighted by Gasteiger charge is 2.11. The molecule has 0 saturated carbocycles. The Hall–Kier alpha value is -0.440. The van der Waals surface area contributed by atoms with Gasteiger partial charge < -0.3 is 4.42 Å². The summed E-state index contributed by atoms with van der Waals surface area (Å²) < 4.78 is 5.00. The molecule has 5 heteroatoms. The summed E-state index contributed by atoms with van der Waals surface area (Å²) in [4.78, 5) is 3.88. The summed E-state index contributed by atoms with van der Waals surface area (Å²) in [6, 6.07) is 1.54. The molecule has 1 aromatic carbocycles. The van der Waals surface area contributed by atoms with Gasteiger partial charge in [-0.1, -0.05) is 34.8 Å². The normalized spacial score (nSPS) is 10.9. The van der Waals surface area contributed by atoms with Gasteiger partial charge in [0, 0.05) is 0 Å². The van der Waals surface area contributed by atoms with Gasteiger partial charge in [0.15, 0.2) is 12.0 Å². The van der Waals surface area contributed by atoms with Crippen LogP contribution in [-0.2, 0) is 0 Å². The van der Waals surface area contributed by atoms with Gasteiger partial charge in [0.1, 0.15) is 10.5 Å². The Bertz CT molecular complexity index is 437. The summed E-state index contributed by atoms with van der Waals surface area (Å²) in [5, 5.41) is 1.15. The second-order valence-electron chi connectivity index (χ2n) is 2.18. The predicted octanol–water partition coefficient (Wildman–Crippen LogP) is 3.79. The molecule has 0 unspecified atom stereocenters. The molecule has 2 nitrogen and oxygen atoms in total. The van der Waals surface area contributed by atoms with Crippen LogP contribution < -0.4 is 0 Å². The van der Waals surface area contributed by atoms with Gasteiger partial charge in [0.05, 0.1) is 10.0 Å². The number of rotatable bonds is 0. The van der Waals surface area contributed by atoms with Crippen LogP contribution in [0.4, 0.5) is 0 Å². The van der Waals surface area contributed by atoms with Crippen LogP contribution >= 0.6 is 34.8 Å². The van der Waals surface area contributed by atoms with Crippen LogP contribution in [0.3, 0.4) is 0 Å². The summed E-state index contributed by atoms with van der Waals surface area (Å²) in [7, 11) is 0. The molecule has 0 aliphatic rings. The highest BCUT2D eigenvalue weighted by Crippen LogP contribution is 2.34. The molecular weight excluding hydrogens is 220 g/mol. The fourth-order valence-electron chi connectivity index (χ4n) is 0.923. The maximum absolute atomic E-state index is 5.82. The third kappa shape index (κ3) is 1.07. The highest BCUT2D eigenvalue weighted by atomic mass is 35.5. The van der Waals surface area contributed by atoms with Crippen molar-refractivity contribution in [1.82, 2.24) is 4.98 Å². The third-order valence-electron chi connectivity index (χ3n) is 1.46. The first-order valence-electron chi connectivity index (χ1n) is 3.07. The van der Waals surface area contributed by atoms with Crippen LogP contribution in [0.5, 0.6) is 0 Å². The molecular formula is C7H2Cl3NO. The number of hydrogen-bond acceptors (Lipinski definition) is 2. The van der Waals surface area contributed by atoms with E-state index in [2.05, 4.69) is 4.98 Å². The molecule has 0 N–H and O–H groups in total. The van der Waals surface area contributed by atoms with Crippen LogP contribution in [0.25, 0.3) is 11.1 Å². The third-order valence-corrected chi connectivity index (χ3v) is 2.51. The van der Waals surface area contributed by atoms with Gasteiger partial charge in [-0.25, -0.2) is 4.98 Å². The van der Waals surface area contributed by atoms with Crippen molar-refractivity contribution in [2.45, 2.75) is 0 Å². The zero-order valence-corrected chi connectivity index (χ0v) is 7.91. The Morgan fingerprint density at radius 1 is 1.17 bits per heavy atom. The van der Waals surface area contributed by atoms with Crippen LogP contribution in [-0.4, -0.2) is 4.98 Å². The molecule has 0 spiro atoms. The quantitative estimate of drug-likeness (QED) is 0.634. The van der Waals surface area contributed by atoms with E-state index in [0.29, 0.717) is 26.2 Å². The first-order valence-corrected chi connectivity index (χ1v) is 4.20. The lowest BCUT2D eigenvalue weighted by atomic mass is 10.3. The van der Waals surface area contributed by atoms with E-state index >= 15 is 0 Å². The zero-order chi connectivity index (χ0) is 8.72. The number of halogens is 3. The molecule has 0 fully saturated rings. The molecule has 0 atom stereocenters. The van der Waals surface area contributed by atoms with Crippen molar-refractivity contribution < 1.29 is 4.42 Å². The van der Waals surface area contributed by atoms with Crippen molar-refractivity contribution in [1.29, 1.82) is 0 Å². The second-order valence-corrected chi connectivity index (χ2v) is 3.38. The van der Waals surface area contributed by atoms with Crippen molar-refractivity contribution in [3.63, 3.8) is 0 Å². The maximum atomic E-state index is 5.82. The summed E-state index contributed by atoms with van der Waals surface area (Å²) in [5.41, 5.74) is 0.959. The number of hydrogen-bond donors (Lipinski definition) is 0. The minimum Gasteiger partial charge on any atom is -0.442 e. The van der Waals surface area contributed by atoms with Crippen molar-refractivity contribution in [3.8, 4) is 0 Å². The van der Waals surface area contributed by atoms with E-state index in [4.69, 9.17) is 39.2 Å². The average molecular weight is 222 g/mol. The SMILES string of the molecule is Clc1cc(Cl)c2ncoc2c1Cl. The van der Waals surface area contributed by atoms with E-state index < -0.39 is 0 Å². The molecule has 0 aliphatic carbocycles. The molecule has 0 amide bonds. The van der Waals surface area contributed by atoms with E-state index in [1.54, 1.807) is 0 Å². The number of benzene rings is 1. The largest absolute Gasteiger partial charge is 0.442 e. The molecule has 0 aliphatic heterocycles. The van der Waals surface area contributed by atoms with Crippen molar-refractivity contribution in [3.05, 3.63) is 27.5 Å². The average Bonchev–Trinajstić information content (AvgIpc) is 2.48. The lowest BCUT2D eigenvalue weighted by Crippen LogP contribution is -1.74. The van der Waals surface area contributed by atoms with E-state index in [1.807, 2.05) is 0 Å². The number of nitrogens with zero attached hydrogens (tertiary/aromatic N) is 1. The summed E-state index contributed by atoms with van der Waals surface area (Å²) >= 11 is 17.4. The zero-order valence-electron chi connectivity index (χ0n) is 5.64. The fraction of sp³-hybridized carbons (Fsp3) is 0. The monoisotopic (exact) mass is 221 g/mol. The van der Waals surface area contributed by atoms with Gasteiger partial charge in [0.2, 0.25) is 0 Å². The molecule has 62 valence electrons. The Kier molecular flexibility index (Phi) is 1.91. The molecule has 0 radical (unpaired) electrons. The lowest BCUT2D eigenvalue weighted by Gasteiger charge is -1.96. The smallest absolute Gasteiger partial charge is 0.182 e. The molecule has 1 aromatic heterocycles. The van der Waals surface area contributed by atoms with E-state index in [0.717, 1.165) is 0 Å². The summed E-state index contributed by atoms with van der Waals surface area (Å²) in [6.45, 7) is 0. The Balaban J connectivity index is 2.97. The molecule has 1 heterocycles. The molecule has 2 aromatic rings. The summed E-state index contributed by atoms with van der Waals surface area (Å²) in [5.74, 6) is 0. The van der Waals surface area contributed by atoms with Gasteiger partial charge in [-0.05, 0) is 6.07 Å². The topological polar surface area (TPSA) is 26.0 Å². The first-order chi connectivity index (χ1) is 5.70. The standard InChI is InChI=1S/C7H2Cl3NO/c8-3-1-4(9)6-7(5(3)10)12-2-11-6/h1-2H. The van der Waals surface area contributed by atoms with Gasteiger partial charge >= 0.3 is 0 Å². The Morgan fingerprint density at radius 2 is 1.92 bits per heavy atom. The van der Waals surface area contributed by atoms with Gasteiger partial charge in [0.25, 0.3) is 0 Å². The number of fused-ring (bicyclic) bond motifs is 1. The predicted molar refractivity (Wildman–Crippen MR) is 49.0 cm³/mol. The molecule has 12 heavy (non-hydrogen) atoms. The fourth-order valence-corrected chi connectivity index (χ4v) is 1.61. The Morgan fingerprint density at radius 3 is 2.67 bits per heavy atom. The molecule has 0 saturated heterocycles. The van der Waals surface area contributed by atoms with Crippen LogP contribution in [0, 0.1) is 0 Å². The summed E-state index contributed by atoms with van der Waals surface area (Å²) in [6.07, 6.45) is 1.28. The van der Waals surface area contributed by atoms with Crippen LogP contribution in [0.2, 0.25) is 15.1 Å². The van der Waals surface area contributed by atoms with Crippen LogP contribution in [0.15, 0.2) is 16.9 Å². The molecule has 0 bridgehead atoms. The molecule has 2 rings (SSSR count). The minimum atomic E-state index is 0.341. The minimum absolute atomic E-state index is 0.341.